The molecule has 2 aromatic carbocycles. The van der Waals surface area contributed by atoms with Gasteiger partial charge in [0.1, 0.15) is 11.5 Å². The van der Waals surface area contributed by atoms with Crippen LogP contribution in [0.3, 0.4) is 0 Å². The summed E-state index contributed by atoms with van der Waals surface area (Å²) in [6, 6.07) is 15.6. The zero-order valence-corrected chi connectivity index (χ0v) is 17.5. The summed E-state index contributed by atoms with van der Waals surface area (Å²) in [5, 5.41) is 12.6. The summed E-state index contributed by atoms with van der Waals surface area (Å²) >= 11 is 0. The fraction of sp³-hybridized carbons (Fsp3) is 0.250. The van der Waals surface area contributed by atoms with Crippen molar-refractivity contribution in [3.63, 3.8) is 0 Å². The third-order valence-electron chi connectivity index (χ3n) is 5.60. The number of nitrogens with one attached hydrogen (secondary N) is 1. The third-order valence-corrected chi connectivity index (χ3v) is 5.60. The number of fused-ring (bicyclic) bond motifs is 1. The molecule has 160 valence electrons. The Bertz CT molecular complexity index is 1070. The van der Waals surface area contributed by atoms with Crippen molar-refractivity contribution in [2.24, 2.45) is 0 Å². The number of rotatable bonds is 7. The monoisotopic (exact) mass is 419 g/mol. The summed E-state index contributed by atoms with van der Waals surface area (Å²) in [5.41, 5.74) is 3.94. The molecular formula is C24H25N3O4. The zero-order chi connectivity index (χ0) is 21.8. The minimum Gasteiger partial charge on any atom is -0.497 e. The molecule has 1 aliphatic heterocycles. The van der Waals surface area contributed by atoms with Crippen LogP contribution in [0, 0.1) is 0 Å². The maximum atomic E-state index is 11.4. The number of carboxylic acids is 1. The Morgan fingerprint density at radius 2 is 2.00 bits per heavy atom. The van der Waals surface area contributed by atoms with Crippen LogP contribution in [-0.4, -0.2) is 43.4 Å². The molecule has 1 aromatic heterocycles. The molecule has 0 spiro atoms. The second kappa shape index (κ2) is 8.95. The lowest BCUT2D eigenvalue weighted by molar-refractivity contribution is 0.0697. The lowest BCUT2D eigenvalue weighted by Crippen LogP contribution is -2.22. The van der Waals surface area contributed by atoms with Gasteiger partial charge in [0.2, 0.25) is 0 Å². The minimum atomic E-state index is -0.969. The van der Waals surface area contributed by atoms with Crippen molar-refractivity contribution >= 4 is 23.0 Å². The van der Waals surface area contributed by atoms with Gasteiger partial charge < -0.3 is 24.8 Å². The molecule has 2 N–H and O–H groups in total. The van der Waals surface area contributed by atoms with Crippen molar-refractivity contribution in [2.75, 3.05) is 37.5 Å². The van der Waals surface area contributed by atoms with Gasteiger partial charge in [0, 0.05) is 43.1 Å². The van der Waals surface area contributed by atoms with Gasteiger partial charge in [-0.15, -0.1) is 0 Å². The van der Waals surface area contributed by atoms with Crippen LogP contribution in [0.25, 0.3) is 0 Å². The van der Waals surface area contributed by atoms with Gasteiger partial charge in [-0.25, -0.2) is 4.79 Å². The first-order valence-electron chi connectivity index (χ1n) is 10.1. The number of aromatic carboxylic acids is 1. The summed E-state index contributed by atoms with van der Waals surface area (Å²) in [4.78, 5) is 17.6. The van der Waals surface area contributed by atoms with E-state index in [9.17, 15) is 9.90 Å². The van der Waals surface area contributed by atoms with Crippen LogP contribution >= 0.6 is 0 Å². The van der Waals surface area contributed by atoms with Crippen LogP contribution in [0.2, 0.25) is 0 Å². The minimum absolute atomic E-state index is 0.214. The highest BCUT2D eigenvalue weighted by Gasteiger charge is 2.23. The Balaban J connectivity index is 1.51. The van der Waals surface area contributed by atoms with E-state index < -0.39 is 5.97 Å². The van der Waals surface area contributed by atoms with E-state index in [-0.39, 0.29) is 11.5 Å². The van der Waals surface area contributed by atoms with Crippen LogP contribution in [0.5, 0.6) is 11.5 Å². The molecule has 1 atom stereocenters. The van der Waals surface area contributed by atoms with E-state index in [2.05, 4.69) is 33.4 Å². The first-order chi connectivity index (χ1) is 15.1. The number of anilines is 3. The van der Waals surface area contributed by atoms with E-state index in [1.54, 1.807) is 13.3 Å². The molecule has 0 bridgehead atoms. The Morgan fingerprint density at radius 3 is 2.74 bits per heavy atom. The highest BCUT2D eigenvalue weighted by Crippen LogP contribution is 2.38. The number of ether oxygens (including phenoxy) is 2. The van der Waals surface area contributed by atoms with Crippen molar-refractivity contribution in [2.45, 2.75) is 12.3 Å². The lowest BCUT2D eigenvalue weighted by Gasteiger charge is -2.28. The van der Waals surface area contributed by atoms with Crippen LogP contribution in [0.1, 0.15) is 28.3 Å². The summed E-state index contributed by atoms with van der Waals surface area (Å²) < 4.78 is 11.2. The zero-order valence-electron chi connectivity index (χ0n) is 17.5. The number of methoxy groups -OCH3 is 1. The van der Waals surface area contributed by atoms with Crippen molar-refractivity contribution < 1.29 is 19.4 Å². The predicted molar refractivity (Wildman–Crippen MR) is 120 cm³/mol. The molecule has 1 aliphatic rings. The number of pyridine rings is 1. The van der Waals surface area contributed by atoms with Crippen LogP contribution in [-0.2, 0) is 0 Å². The van der Waals surface area contributed by atoms with E-state index in [0.29, 0.717) is 18.8 Å². The molecule has 0 aliphatic carbocycles. The average molecular weight is 419 g/mol. The molecule has 3 aromatic rings. The third kappa shape index (κ3) is 4.40. The van der Waals surface area contributed by atoms with E-state index in [4.69, 9.17) is 9.47 Å². The predicted octanol–water partition coefficient (Wildman–Crippen LogP) is 4.53. The number of nitrogens with zero attached hydrogens (tertiary/aromatic N) is 2. The van der Waals surface area contributed by atoms with Crippen LogP contribution in [0.4, 0.5) is 17.1 Å². The van der Waals surface area contributed by atoms with Crippen molar-refractivity contribution in [3.05, 3.63) is 72.1 Å². The molecule has 2 heterocycles. The second-order valence-corrected chi connectivity index (χ2v) is 7.42. The highest BCUT2D eigenvalue weighted by molar-refractivity contribution is 5.93. The van der Waals surface area contributed by atoms with Gasteiger partial charge in [0.25, 0.3) is 0 Å². The number of carbonyl (C=O) groups is 1. The smallest absolute Gasteiger partial charge is 0.337 e. The van der Waals surface area contributed by atoms with Gasteiger partial charge in [-0.3, -0.25) is 4.98 Å². The molecule has 1 unspecified atom stereocenters. The second-order valence-electron chi connectivity index (χ2n) is 7.42. The van der Waals surface area contributed by atoms with E-state index in [1.165, 1.54) is 12.3 Å². The Morgan fingerprint density at radius 1 is 1.23 bits per heavy atom. The first kappa shape index (κ1) is 20.5. The summed E-state index contributed by atoms with van der Waals surface area (Å²) in [6.45, 7) is 1.23. The quantitative estimate of drug-likeness (QED) is 0.582. The van der Waals surface area contributed by atoms with Crippen LogP contribution in [0.15, 0.2) is 60.9 Å². The fourth-order valence-corrected chi connectivity index (χ4v) is 3.78. The van der Waals surface area contributed by atoms with Crippen LogP contribution < -0.4 is 19.7 Å². The molecule has 0 amide bonds. The number of aromatic nitrogens is 1. The summed E-state index contributed by atoms with van der Waals surface area (Å²) in [5.74, 6) is 0.927. The molecule has 0 saturated carbocycles. The maximum absolute atomic E-state index is 11.4. The Kier molecular flexibility index (Phi) is 5.93. The number of hydrogen-bond acceptors (Lipinski definition) is 6. The van der Waals surface area contributed by atoms with Gasteiger partial charge >= 0.3 is 5.97 Å². The van der Waals surface area contributed by atoms with Gasteiger partial charge in [-0.2, -0.15) is 0 Å². The largest absolute Gasteiger partial charge is 0.497 e. The topological polar surface area (TPSA) is 83.9 Å². The fourth-order valence-electron chi connectivity index (χ4n) is 3.78. The van der Waals surface area contributed by atoms with E-state index in [1.807, 2.05) is 31.3 Å². The molecule has 0 radical (unpaired) electrons. The molecule has 31 heavy (non-hydrogen) atoms. The summed E-state index contributed by atoms with van der Waals surface area (Å²) in [7, 11) is 3.67. The number of carboxylic acid groups (broad SMARTS) is 1. The van der Waals surface area contributed by atoms with Crippen molar-refractivity contribution in [3.8, 4) is 11.5 Å². The molecule has 0 fully saturated rings. The number of hydrogen-bond donors (Lipinski definition) is 2. The lowest BCUT2D eigenvalue weighted by atomic mass is 9.92. The van der Waals surface area contributed by atoms with Crippen molar-refractivity contribution in [1.29, 1.82) is 0 Å². The summed E-state index contributed by atoms with van der Waals surface area (Å²) in [6.07, 6.45) is 3.90. The normalized spacial score (nSPS) is 14.8. The van der Waals surface area contributed by atoms with Gasteiger partial charge in [0.05, 0.1) is 31.2 Å². The molecule has 7 heteroatoms. The van der Waals surface area contributed by atoms with Gasteiger partial charge in [0.15, 0.2) is 0 Å². The SMILES string of the molecule is COc1ccc(N(C)c2ccc3c(c2)OCCC3CNc2cnccc2C(=O)O)cc1. The molecule has 0 saturated heterocycles. The van der Waals surface area contributed by atoms with Gasteiger partial charge in [-0.05, 0) is 48.4 Å². The van der Waals surface area contributed by atoms with Crippen molar-refractivity contribution in [1.82, 2.24) is 4.98 Å². The maximum Gasteiger partial charge on any atom is 0.337 e. The standard InChI is InChI=1S/C24H25N3O4/c1-27(17-3-6-19(30-2)7-4-17)18-5-8-20-16(10-12-31-23(20)13-18)14-26-22-15-25-11-9-21(22)24(28)29/h3-9,11,13,15-16,26H,10,12,14H2,1-2H3,(H,28,29). The first-order valence-corrected chi connectivity index (χ1v) is 10.1. The van der Waals surface area contributed by atoms with Gasteiger partial charge in [-0.1, -0.05) is 6.07 Å². The molecule has 7 nitrogen and oxygen atoms in total. The van der Waals surface area contributed by atoms with E-state index in [0.717, 1.165) is 34.9 Å². The molecule has 4 rings (SSSR count). The Hall–Kier alpha value is -3.74. The number of benzene rings is 2. The average Bonchev–Trinajstić information content (AvgIpc) is 2.82. The highest BCUT2D eigenvalue weighted by atomic mass is 16.5. The Labute approximate surface area is 181 Å². The molecular weight excluding hydrogens is 394 g/mol. The van der Waals surface area contributed by atoms with E-state index >= 15 is 0 Å².